The Hall–Kier alpha value is -0.240. The maximum atomic E-state index is 11.2. The first-order valence-corrected chi connectivity index (χ1v) is 5.38. The van der Waals surface area contributed by atoms with Crippen LogP contribution in [0.1, 0.15) is 40.0 Å². The Morgan fingerprint density at radius 1 is 1.46 bits per heavy atom. The normalized spacial score (nSPS) is 11.4. The average molecular weight is 206 g/mol. The molecular formula is C10H20ClNO. The molecule has 0 unspecified atom stereocenters. The summed E-state index contributed by atoms with van der Waals surface area (Å²) in [7, 11) is 0. The molecule has 3 heteroatoms. The fraction of sp³-hybridized carbons (Fsp3) is 0.900. The zero-order valence-electron chi connectivity index (χ0n) is 8.82. The fourth-order valence-electron chi connectivity index (χ4n) is 0.779. The summed E-state index contributed by atoms with van der Waals surface area (Å²) < 4.78 is 0. The van der Waals surface area contributed by atoms with Crippen molar-refractivity contribution in [3.8, 4) is 0 Å². The van der Waals surface area contributed by atoms with E-state index in [1.54, 1.807) is 0 Å². The quantitative estimate of drug-likeness (QED) is 0.664. The van der Waals surface area contributed by atoms with Crippen LogP contribution in [0.5, 0.6) is 0 Å². The van der Waals surface area contributed by atoms with Crippen molar-refractivity contribution >= 4 is 17.5 Å². The van der Waals surface area contributed by atoms with E-state index in [9.17, 15) is 4.79 Å². The zero-order chi connectivity index (χ0) is 10.3. The van der Waals surface area contributed by atoms with E-state index in [1.165, 1.54) is 0 Å². The van der Waals surface area contributed by atoms with Gasteiger partial charge in [-0.25, -0.2) is 0 Å². The fourth-order valence-corrected chi connectivity index (χ4v) is 0.912. The van der Waals surface area contributed by atoms with Crippen LogP contribution in [0.25, 0.3) is 0 Å². The summed E-state index contributed by atoms with van der Waals surface area (Å²) in [5.74, 6) is 0.673. The third-order valence-corrected chi connectivity index (χ3v) is 2.53. The molecular weight excluding hydrogens is 186 g/mol. The third kappa shape index (κ3) is 6.88. The molecule has 0 aromatic carbocycles. The molecule has 0 heterocycles. The highest BCUT2D eigenvalue weighted by Gasteiger charge is 2.15. The Morgan fingerprint density at radius 3 is 2.54 bits per heavy atom. The molecule has 0 aromatic rings. The molecule has 0 aromatic heterocycles. The van der Waals surface area contributed by atoms with Crippen LogP contribution >= 0.6 is 11.6 Å². The van der Waals surface area contributed by atoms with Gasteiger partial charge in [-0.05, 0) is 18.3 Å². The predicted molar refractivity (Wildman–Crippen MR) is 57.0 cm³/mol. The van der Waals surface area contributed by atoms with Gasteiger partial charge in [0.2, 0.25) is 5.91 Å². The lowest BCUT2D eigenvalue weighted by atomic mass is 9.90. The number of carbonyl (C=O) groups excluding carboxylic acids is 1. The summed E-state index contributed by atoms with van der Waals surface area (Å²) in [6.07, 6.45) is 2.38. The summed E-state index contributed by atoms with van der Waals surface area (Å²) in [6.45, 7) is 7.18. The molecule has 0 aliphatic carbocycles. The van der Waals surface area contributed by atoms with Crippen molar-refractivity contribution in [2.45, 2.75) is 40.0 Å². The minimum atomic E-state index is 0.113. The number of nitrogens with one attached hydrogen (secondary N) is 1. The number of hydrogen-bond donors (Lipinski definition) is 1. The van der Waals surface area contributed by atoms with Gasteiger partial charge >= 0.3 is 0 Å². The molecule has 0 fully saturated rings. The molecule has 0 saturated heterocycles. The first-order valence-electron chi connectivity index (χ1n) is 4.84. The minimum absolute atomic E-state index is 0.113. The van der Waals surface area contributed by atoms with Crippen molar-refractivity contribution in [2.75, 3.05) is 12.4 Å². The van der Waals surface area contributed by atoms with Crippen molar-refractivity contribution in [1.82, 2.24) is 5.32 Å². The molecule has 78 valence electrons. The summed E-state index contributed by atoms with van der Waals surface area (Å²) in [5, 5.41) is 2.91. The Kier molecular flexibility index (Phi) is 6.13. The molecule has 0 saturated carbocycles. The molecule has 13 heavy (non-hydrogen) atoms. The monoisotopic (exact) mass is 205 g/mol. The third-order valence-electron chi connectivity index (χ3n) is 2.26. The number of hydrogen-bond acceptors (Lipinski definition) is 1. The van der Waals surface area contributed by atoms with Gasteiger partial charge in [0, 0.05) is 18.8 Å². The average Bonchev–Trinajstić information content (AvgIpc) is 2.11. The van der Waals surface area contributed by atoms with E-state index in [0.717, 1.165) is 19.4 Å². The van der Waals surface area contributed by atoms with Crippen LogP contribution in [-0.2, 0) is 4.79 Å². The van der Waals surface area contributed by atoms with Crippen molar-refractivity contribution in [3.05, 3.63) is 0 Å². The molecule has 1 amide bonds. The Morgan fingerprint density at radius 2 is 2.08 bits per heavy atom. The number of amides is 1. The smallest absolute Gasteiger partial charge is 0.220 e. The van der Waals surface area contributed by atoms with Gasteiger partial charge in [-0.3, -0.25) is 4.79 Å². The SMILES string of the molecule is CCC(C)(C)CNC(=O)CCCCl. The van der Waals surface area contributed by atoms with Crippen LogP contribution in [0, 0.1) is 5.41 Å². The maximum absolute atomic E-state index is 11.2. The molecule has 0 aliphatic rings. The molecule has 0 radical (unpaired) electrons. The van der Waals surface area contributed by atoms with Crippen molar-refractivity contribution in [3.63, 3.8) is 0 Å². The number of alkyl halides is 1. The van der Waals surface area contributed by atoms with E-state index in [-0.39, 0.29) is 11.3 Å². The van der Waals surface area contributed by atoms with Crippen molar-refractivity contribution in [1.29, 1.82) is 0 Å². The summed E-state index contributed by atoms with van der Waals surface area (Å²) in [5.41, 5.74) is 0.205. The van der Waals surface area contributed by atoms with Gasteiger partial charge in [-0.1, -0.05) is 20.8 Å². The van der Waals surface area contributed by atoms with E-state index in [2.05, 4.69) is 26.1 Å². The summed E-state index contributed by atoms with van der Waals surface area (Å²) >= 11 is 5.48. The van der Waals surface area contributed by atoms with Crippen molar-refractivity contribution in [2.24, 2.45) is 5.41 Å². The second kappa shape index (κ2) is 6.25. The number of rotatable bonds is 6. The lowest BCUT2D eigenvalue weighted by Crippen LogP contribution is -2.33. The van der Waals surface area contributed by atoms with E-state index in [1.807, 2.05) is 0 Å². The van der Waals surface area contributed by atoms with Crippen LogP contribution in [0.2, 0.25) is 0 Å². The molecule has 0 rings (SSSR count). The first kappa shape index (κ1) is 12.8. The van der Waals surface area contributed by atoms with E-state index < -0.39 is 0 Å². The highest BCUT2D eigenvalue weighted by Crippen LogP contribution is 2.17. The predicted octanol–water partition coefficient (Wildman–Crippen LogP) is 2.56. The number of carbonyl (C=O) groups is 1. The van der Waals surface area contributed by atoms with E-state index >= 15 is 0 Å². The van der Waals surface area contributed by atoms with Gasteiger partial charge in [0.25, 0.3) is 0 Å². The van der Waals surface area contributed by atoms with Crippen LogP contribution in [0.4, 0.5) is 0 Å². The number of halogens is 1. The highest BCUT2D eigenvalue weighted by molar-refractivity contribution is 6.17. The molecule has 0 spiro atoms. The maximum Gasteiger partial charge on any atom is 0.220 e. The van der Waals surface area contributed by atoms with E-state index in [0.29, 0.717) is 12.3 Å². The molecule has 0 bridgehead atoms. The highest BCUT2D eigenvalue weighted by atomic mass is 35.5. The second-order valence-corrected chi connectivity index (χ2v) is 4.46. The van der Waals surface area contributed by atoms with Crippen LogP contribution in [0.15, 0.2) is 0 Å². The van der Waals surface area contributed by atoms with E-state index in [4.69, 9.17) is 11.6 Å². The zero-order valence-corrected chi connectivity index (χ0v) is 9.58. The van der Waals surface area contributed by atoms with Gasteiger partial charge in [0.1, 0.15) is 0 Å². The van der Waals surface area contributed by atoms with Gasteiger partial charge in [-0.2, -0.15) is 0 Å². The topological polar surface area (TPSA) is 29.1 Å². The van der Waals surface area contributed by atoms with Gasteiger partial charge in [0.15, 0.2) is 0 Å². The Bertz CT molecular complexity index is 157. The van der Waals surface area contributed by atoms with Gasteiger partial charge in [-0.15, -0.1) is 11.6 Å². The summed E-state index contributed by atoms with van der Waals surface area (Å²) in [4.78, 5) is 11.2. The second-order valence-electron chi connectivity index (χ2n) is 4.09. The molecule has 1 N–H and O–H groups in total. The van der Waals surface area contributed by atoms with Crippen LogP contribution in [-0.4, -0.2) is 18.3 Å². The molecule has 0 atom stereocenters. The first-order chi connectivity index (χ1) is 6.02. The minimum Gasteiger partial charge on any atom is -0.356 e. The molecule has 0 aliphatic heterocycles. The molecule has 2 nitrogen and oxygen atoms in total. The lowest BCUT2D eigenvalue weighted by Gasteiger charge is -2.22. The van der Waals surface area contributed by atoms with Crippen molar-refractivity contribution < 1.29 is 4.79 Å². The largest absolute Gasteiger partial charge is 0.356 e. The summed E-state index contributed by atoms with van der Waals surface area (Å²) in [6, 6.07) is 0. The van der Waals surface area contributed by atoms with Crippen LogP contribution < -0.4 is 5.32 Å². The standard InChI is InChI=1S/C10H20ClNO/c1-4-10(2,3)8-12-9(13)6-5-7-11/h4-8H2,1-3H3,(H,12,13). The van der Waals surface area contributed by atoms with Gasteiger partial charge < -0.3 is 5.32 Å². The van der Waals surface area contributed by atoms with Gasteiger partial charge in [0.05, 0.1) is 0 Å². The Labute approximate surface area is 86.0 Å². The lowest BCUT2D eigenvalue weighted by molar-refractivity contribution is -0.121. The Balaban J connectivity index is 3.57. The van der Waals surface area contributed by atoms with Crippen LogP contribution in [0.3, 0.4) is 0 Å².